The van der Waals surface area contributed by atoms with Crippen molar-refractivity contribution in [2.75, 3.05) is 6.54 Å². The molecule has 2 aromatic rings. The van der Waals surface area contributed by atoms with E-state index in [0.717, 1.165) is 12.0 Å². The third kappa shape index (κ3) is 5.08. The van der Waals surface area contributed by atoms with Crippen LogP contribution in [0.2, 0.25) is 0 Å². The van der Waals surface area contributed by atoms with Crippen LogP contribution in [0.5, 0.6) is 0 Å². The molecule has 3 nitrogen and oxygen atoms in total. The van der Waals surface area contributed by atoms with Crippen LogP contribution in [0.3, 0.4) is 0 Å². The second kappa shape index (κ2) is 9.38. The molecule has 0 aliphatic carbocycles. The number of nitrogens with zero attached hydrogens (tertiary/aromatic N) is 1. The van der Waals surface area contributed by atoms with Crippen LogP contribution in [-0.4, -0.2) is 25.3 Å². The predicted octanol–water partition coefficient (Wildman–Crippen LogP) is 4.20. The Morgan fingerprint density at radius 1 is 1.12 bits per heavy atom. The smallest absolute Gasteiger partial charge is 0.207 e. The van der Waals surface area contributed by atoms with E-state index in [1.807, 2.05) is 49.4 Å². The van der Waals surface area contributed by atoms with E-state index in [-0.39, 0.29) is 17.5 Å². The zero-order valence-electron chi connectivity index (χ0n) is 15.4. The highest BCUT2D eigenvalue weighted by atomic mass is 32.2. The van der Waals surface area contributed by atoms with Gasteiger partial charge in [-0.25, -0.2) is 8.42 Å². The second-order valence-electron chi connectivity index (χ2n) is 6.12. The Hall–Kier alpha value is -2.35. The Morgan fingerprint density at radius 2 is 1.77 bits per heavy atom. The molecule has 0 N–H and O–H groups in total. The van der Waals surface area contributed by atoms with Gasteiger partial charge in [-0.2, -0.15) is 4.31 Å². The van der Waals surface area contributed by atoms with Crippen LogP contribution in [0.1, 0.15) is 24.5 Å². The molecule has 0 amide bonds. The van der Waals surface area contributed by atoms with Gasteiger partial charge < -0.3 is 0 Å². The fourth-order valence-electron chi connectivity index (χ4n) is 2.72. The highest BCUT2D eigenvalue weighted by Gasteiger charge is 2.29. The van der Waals surface area contributed by atoms with Crippen molar-refractivity contribution in [3.05, 3.63) is 78.4 Å². The van der Waals surface area contributed by atoms with Crippen LogP contribution in [0, 0.1) is 18.8 Å². The quantitative estimate of drug-likeness (QED) is 0.518. The lowest BCUT2D eigenvalue weighted by atomic mass is 10.1. The standard InChI is InChI=1S/C22H25NO2S/c1-4-6-18-23(26(24,25)22-16-12-19(3)13-17-22)21(5-2)15-14-20-10-8-7-9-11-20/h5,7-13,16-17,21H,2,14-15,18H2,1,3H3. The number of rotatable bonds is 8. The van der Waals surface area contributed by atoms with Gasteiger partial charge in [-0.1, -0.05) is 60.0 Å². The molecule has 2 rings (SSSR count). The maximum Gasteiger partial charge on any atom is 0.244 e. The minimum Gasteiger partial charge on any atom is -0.207 e. The first-order chi connectivity index (χ1) is 12.5. The number of hydrogen-bond donors (Lipinski definition) is 0. The van der Waals surface area contributed by atoms with E-state index in [0.29, 0.717) is 6.42 Å². The van der Waals surface area contributed by atoms with Crippen molar-refractivity contribution in [3.63, 3.8) is 0 Å². The minimum absolute atomic E-state index is 0.151. The van der Waals surface area contributed by atoms with E-state index < -0.39 is 10.0 Å². The lowest BCUT2D eigenvalue weighted by Crippen LogP contribution is -2.39. The first-order valence-electron chi connectivity index (χ1n) is 8.63. The van der Waals surface area contributed by atoms with Gasteiger partial charge in [0.15, 0.2) is 0 Å². The summed E-state index contributed by atoms with van der Waals surface area (Å²) in [5.74, 6) is 5.69. The molecule has 0 aliphatic rings. The number of sulfonamides is 1. The zero-order valence-corrected chi connectivity index (χ0v) is 16.2. The van der Waals surface area contributed by atoms with Crippen molar-refractivity contribution >= 4 is 10.0 Å². The Bertz CT molecular complexity index is 875. The molecule has 0 aromatic heterocycles. The fourth-order valence-corrected chi connectivity index (χ4v) is 4.26. The lowest BCUT2D eigenvalue weighted by Gasteiger charge is -2.27. The van der Waals surface area contributed by atoms with Crippen LogP contribution in [0.4, 0.5) is 0 Å². The third-order valence-corrected chi connectivity index (χ3v) is 6.14. The molecule has 0 saturated carbocycles. The van der Waals surface area contributed by atoms with Crippen molar-refractivity contribution in [2.45, 2.75) is 37.6 Å². The number of hydrogen-bond acceptors (Lipinski definition) is 2. The molecule has 0 aliphatic heterocycles. The predicted molar refractivity (Wildman–Crippen MR) is 107 cm³/mol. The first kappa shape index (κ1) is 20.0. The molecule has 0 heterocycles. The molecule has 0 saturated heterocycles. The van der Waals surface area contributed by atoms with Crippen LogP contribution >= 0.6 is 0 Å². The van der Waals surface area contributed by atoms with Crippen LogP contribution in [-0.2, 0) is 16.4 Å². The average Bonchev–Trinajstić information content (AvgIpc) is 2.65. The third-order valence-electron chi connectivity index (χ3n) is 4.25. The monoisotopic (exact) mass is 367 g/mol. The van der Waals surface area contributed by atoms with Gasteiger partial charge in [0.05, 0.1) is 11.4 Å². The van der Waals surface area contributed by atoms with Crippen LogP contribution < -0.4 is 0 Å². The summed E-state index contributed by atoms with van der Waals surface area (Å²) in [5, 5.41) is 0. The normalized spacial score (nSPS) is 12.3. The maximum atomic E-state index is 13.2. The molecular weight excluding hydrogens is 342 g/mol. The maximum absolute atomic E-state index is 13.2. The highest BCUT2D eigenvalue weighted by Crippen LogP contribution is 2.21. The summed E-state index contributed by atoms with van der Waals surface area (Å²) in [4.78, 5) is 0.285. The number of aryl methyl sites for hydroxylation is 2. The average molecular weight is 368 g/mol. The van der Waals surface area contributed by atoms with E-state index >= 15 is 0 Å². The Morgan fingerprint density at radius 3 is 2.35 bits per heavy atom. The van der Waals surface area contributed by atoms with Crippen molar-refractivity contribution in [3.8, 4) is 11.8 Å². The van der Waals surface area contributed by atoms with E-state index in [4.69, 9.17) is 0 Å². The summed E-state index contributed by atoms with van der Waals surface area (Å²) in [7, 11) is -3.65. The van der Waals surface area contributed by atoms with Crippen molar-refractivity contribution in [2.24, 2.45) is 0 Å². The largest absolute Gasteiger partial charge is 0.244 e. The molecule has 4 heteroatoms. The van der Waals surface area contributed by atoms with Gasteiger partial charge in [0.1, 0.15) is 0 Å². The van der Waals surface area contributed by atoms with Crippen molar-refractivity contribution in [1.29, 1.82) is 0 Å². The van der Waals surface area contributed by atoms with Gasteiger partial charge in [0.2, 0.25) is 10.0 Å². The summed E-state index contributed by atoms with van der Waals surface area (Å²) < 4.78 is 27.8. The van der Waals surface area contributed by atoms with Crippen LogP contribution in [0.15, 0.2) is 72.1 Å². The van der Waals surface area contributed by atoms with E-state index in [1.54, 1.807) is 25.1 Å². The van der Waals surface area contributed by atoms with Gasteiger partial charge >= 0.3 is 0 Å². The van der Waals surface area contributed by atoms with Gasteiger partial charge in [0, 0.05) is 6.04 Å². The molecule has 1 atom stereocenters. The zero-order chi connectivity index (χ0) is 19.0. The summed E-state index contributed by atoms with van der Waals surface area (Å²) in [6, 6.07) is 16.6. The molecular formula is C22H25NO2S. The molecule has 0 fully saturated rings. The van der Waals surface area contributed by atoms with E-state index in [9.17, 15) is 8.42 Å². The minimum atomic E-state index is -3.65. The fraction of sp³-hybridized carbons (Fsp3) is 0.273. The van der Waals surface area contributed by atoms with Gasteiger partial charge in [0.25, 0.3) is 0 Å². The number of benzene rings is 2. The first-order valence-corrected chi connectivity index (χ1v) is 10.1. The Balaban J connectivity index is 2.29. The summed E-state index contributed by atoms with van der Waals surface area (Å²) in [6.07, 6.45) is 3.13. The molecule has 0 spiro atoms. The summed E-state index contributed by atoms with van der Waals surface area (Å²) in [6.45, 7) is 7.67. The SMILES string of the molecule is C=CC(CCc1ccccc1)N(CC#CC)S(=O)(=O)c1ccc(C)cc1. The van der Waals surface area contributed by atoms with Gasteiger partial charge in [-0.3, -0.25) is 0 Å². The summed E-state index contributed by atoms with van der Waals surface area (Å²) in [5.41, 5.74) is 2.20. The van der Waals surface area contributed by atoms with E-state index in [2.05, 4.69) is 18.4 Å². The highest BCUT2D eigenvalue weighted by molar-refractivity contribution is 7.89. The summed E-state index contributed by atoms with van der Waals surface area (Å²) >= 11 is 0. The molecule has 136 valence electrons. The molecule has 2 aromatic carbocycles. The van der Waals surface area contributed by atoms with Crippen molar-refractivity contribution in [1.82, 2.24) is 4.31 Å². The molecule has 0 radical (unpaired) electrons. The van der Waals surface area contributed by atoms with E-state index in [1.165, 1.54) is 9.87 Å². The van der Waals surface area contributed by atoms with Crippen molar-refractivity contribution < 1.29 is 8.42 Å². The van der Waals surface area contributed by atoms with Crippen LogP contribution in [0.25, 0.3) is 0 Å². The molecule has 26 heavy (non-hydrogen) atoms. The second-order valence-corrected chi connectivity index (χ2v) is 8.01. The topological polar surface area (TPSA) is 37.4 Å². The van der Waals surface area contributed by atoms with Gasteiger partial charge in [-0.15, -0.1) is 12.5 Å². The lowest BCUT2D eigenvalue weighted by molar-refractivity contribution is 0.378. The molecule has 0 bridgehead atoms. The Kier molecular flexibility index (Phi) is 7.20. The molecule has 1 unspecified atom stereocenters. The van der Waals surface area contributed by atoms with Gasteiger partial charge in [-0.05, 0) is 44.4 Å². The Labute approximate surface area is 157 Å².